The number of hydrogen-bond acceptors (Lipinski definition) is 4. The summed E-state index contributed by atoms with van der Waals surface area (Å²) in [6.07, 6.45) is 2.45. The molecular formula is C16H26BrN3O. The third kappa shape index (κ3) is 4.41. The lowest BCUT2D eigenvalue weighted by Gasteiger charge is -2.42. The first-order valence-electron chi connectivity index (χ1n) is 7.76. The molecule has 1 aromatic rings. The maximum Gasteiger partial charge on any atom is 0.128 e. The highest BCUT2D eigenvalue weighted by atomic mass is 79.9. The molecule has 2 heterocycles. The first kappa shape index (κ1) is 16.7. The van der Waals surface area contributed by atoms with Crippen LogP contribution in [0.4, 0.5) is 5.82 Å². The standard InChI is InChI=1S/C16H26BrN3O/c1-4-5-14-12-20(9-8-19(14)10-11-21-3)16-7-6-15(17)13(2)18-16/h6-7,14H,4-5,8-12H2,1-3H3. The van der Waals surface area contributed by atoms with E-state index in [2.05, 4.69) is 44.8 Å². The molecule has 0 saturated carbocycles. The number of hydrogen-bond donors (Lipinski definition) is 0. The van der Waals surface area contributed by atoms with Crippen molar-refractivity contribution in [3.8, 4) is 0 Å². The van der Waals surface area contributed by atoms with E-state index in [1.807, 2.05) is 6.92 Å². The number of methoxy groups -OCH3 is 1. The van der Waals surface area contributed by atoms with E-state index in [0.717, 1.165) is 48.8 Å². The first-order valence-corrected chi connectivity index (χ1v) is 8.56. The van der Waals surface area contributed by atoms with Crippen molar-refractivity contribution in [2.45, 2.75) is 32.7 Å². The minimum absolute atomic E-state index is 0.602. The molecule has 118 valence electrons. The van der Waals surface area contributed by atoms with E-state index >= 15 is 0 Å². The van der Waals surface area contributed by atoms with Crippen LogP contribution < -0.4 is 4.90 Å². The van der Waals surface area contributed by atoms with E-state index in [-0.39, 0.29) is 0 Å². The second-order valence-electron chi connectivity index (χ2n) is 5.65. The van der Waals surface area contributed by atoms with Gasteiger partial charge in [0, 0.05) is 43.8 Å². The smallest absolute Gasteiger partial charge is 0.128 e. The summed E-state index contributed by atoms with van der Waals surface area (Å²) in [5.74, 6) is 1.10. The molecular weight excluding hydrogens is 330 g/mol. The van der Waals surface area contributed by atoms with Crippen molar-refractivity contribution >= 4 is 21.7 Å². The van der Waals surface area contributed by atoms with E-state index in [1.165, 1.54) is 12.8 Å². The van der Waals surface area contributed by atoms with Gasteiger partial charge in [-0.05, 0) is 41.4 Å². The molecule has 4 nitrogen and oxygen atoms in total. The van der Waals surface area contributed by atoms with Gasteiger partial charge < -0.3 is 9.64 Å². The highest BCUT2D eigenvalue weighted by molar-refractivity contribution is 9.10. The fourth-order valence-corrected chi connectivity index (χ4v) is 3.14. The zero-order valence-electron chi connectivity index (χ0n) is 13.3. The van der Waals surface area contributed by atoms with Crippen molar-refractivity contribution < 1.29 is 4.74 Å². The number of rotatable bonds is 6. The van der Waals surface area contributed by atoms with Gasteiger partial charge in [-0.3, -0.25) is 4.90 Å². The Labute approximate surface area is 136 Å². The molecule has 1 aromatic heterocycles. The molecule has 1 atom stereocenters. The Morgan fingerprint density at radius 2 is 2.19 bits per heavy atom. The molecule has 0 amide bonds. The van der Waals surface area contributed by atoms with Crippen molar-refractivity contribution in [2.24, 2.45) is 0 Å². The summed E-state index contributed by atoms with van der Waals surface area (Å²) in [7, 11) is 1.78. The van der Waals surface area contributed by atoms with Gasteiger partial charge in [0.25, 0.3) is 0 Å². The van der Waals surface area contributed by atoms with Gasteiger partial charge in [-0.15, -0.1) is 0 Å². The fraction of sp³-hybridized carbons (Fsp3) is 0.688. The molecule has 0 aromatic carbocycles. The van der Waals surface area contributed by atoms with Crippen LogP contribution in [-0.2, 0) is 4.74 Å². The predicted octanol–water partition coefficient (Wildman–Crippen LogP) is 3.09. The number of nitrogens with zero attached hydrogens (tertiary/aromatic N) is 3. The molecule has 1 aliphatic heterocycles. The molecule has 1 aliphatic rings. The second kappa shape index (κ2) is 8.11. The first-order chi connectivity index (χ1) is 10.2. The third-order valence-corrected chi connectivity index (χ3v) is 4.98. The molecule has 1 fully saturated rings. The van der Waals surface area contributed by atoms with Crippen molar-refractivity contribution in [1.29, 1.82) is 0 Å². The molecule has 1 unspecified atom stereocenters. The van der Waals surface area contributed by atoms with E-state index < -0.39 is 0 Å². The second-order valence-corrected chi connectivity index (χ2v) is 6.51. The predicted molar refractivity (Wildman–Crippen MR) is 91.0 cm³/mol. The number of pyridine rings is 1. The highest BCUT2D eigenvalue weighted by Crippen LogP contribution is 2.23. The van der Waals surface area contributed by atoms with Crippen LogP contribution in [0.1, 0.15) is 25.5 Å². The number of anilines is 1. The van der Waals surface area contributed by atoms with Crippen LogP contribution in [0.25, 0.3) is 0 Å². The highest BCUT2D eigenvalue weighted by Gasteiger charge is 2.26. The Balaban J connectivity index is 2.05. The fourth-order valence-electron chi connectivity index (χ4n) is 2.92. The minimum atomic E-state index is 0.602. The van der Waals surface area contributed by atoms with Gasteiger partial charge in [-0.25, -0.2) is 4.98 Å². The lowest BCUT2D eigenvalue weighted by atomic mass is 10.1. The maximum atomic E-state index is 5.24. The van der Waals surface area contributed by atoms with Crippen LogP contribution in [-0.4, -0.2) is 55.8 Å². The van der Waals surface area contributed by atoms with Crippen molar-refractivity contribution in [1.82, 2.24) is 9.88 Å². The summed E-state index contributed by atoms with van der Waals surface area (Å²) in [6, 6.07) is 4.82. The van der Waals surface area contributed by atoms with Crippen LogP contribution >= 0.6 is 15.9 Å². The van der Waals surface area contributed by atoms with Crippen LogP contribution in [0, 0.1) is 6.92 Å². The van der Waals surface area contributed by atoms with E-state index in [0.29, 0.717) is 6.04 Å². The summed E-state index contributed by atoms with van der Waals surface area (Å²) in [6.45, 7) is 9.34. The Bertz CT molecular complexity index is 455. The minimum Gasteiger partial charge on any atom is -0.383 e. The summed E-state index contributed by atoms with van der Waals surface area (Å²) in [4.78, 5) is 9.70. The van der Waals surface area contributed by atoms with Gasteiger partial charge in [0.1, 0.15) is 5.82 Å². The van der Waals surface area contributed by atoms with E-state index in [4.69, 9.17) is 9.72 Å². The average Bonchev–Trinajstić information content (AvgIpc) is 2.49. The Kier molecular flexibility index (Phi) is 6.45. The van der Waals surface area contributed by atoms with Gasteiger partial charge in [0.05, 0.1) is 12.3 Å². The number of piperazine rings is 1. The largest absolute Gasteiger partial charge is 0.383 e. The summed E-state index contributed by atoms with van der Waals surface area (Å²) in [5, 5.41) is 0. The molecule has 2 rings (SSSR count). The van der Waals surface area contributed by atoms with Gasteiger partial charge in [0.2, 0.25) is 0 Å². The molecule has 5 heteroatoms. The summed E-state index contributed by atoms with van der Waals surface area (Å²) < 4.78 is 6.32. The van der Waals surface area contributed by atoms with E-state index in [9.17, 15) is 0 Å². The third-order valence-electron chi connectivity index (χ3n) is 4.14. The Morgan fingerprint density at radius 1 is 1.38 bits per heavy atom. The van der Waals surface area contributed by atoms with Crippen LogP contribution in [0.5, 0.6) is 0 Å². The molecule has 0 bridgehead atoms. The topological polar surface area (TPSA) is 28.6 Å². The lowest BCUT2D eigenvalue weighted by molar-refractivity contribution is 0.107. The molecule has 1 saturated heterocycles. The van der Waals surface area contributed by atoms with Crippen LogP contribution in [0.2, 0.25) is 0 Å². The molecule has 21 heavy (non-hydrogen) atoms. The van der Waals surface area contributed by atoms with Gasteiger partial charge in [-0.2, -0.15) is 0 Å². The summed E-state index contributed by atoms with van der Waals surface area (Å²) in [5.41, 5.74) is 1.06. The van der Waals surface area contributed by atoms with Gasteiger partial charge in [0.15, 0.2) is 0 Å². The molecule has 0 N–H and O–H groups in total. The van der Waals surface area contributed by atoms with E-state index in [1.54, 1.807) is 7.11 Å². The van der Waals surface area contributed by atoms with Crippen LogP contribution in [0.3, 0.4) is 0 Å². The molecule has 0 radical (unpaired) electrons. The van der Waals surface area contributed by atoms with Gasteiger partial charge in [-0.1, -0.05) is 13.3 Å². The zero-order valence-corrected chi connectivity index (χ0v) is 14.9. The number of ether oxygens (including phenoxy) is 1. The van der Waals surface area contributed by atoms with Crippen molar-refractivity contribution in [3.63, 3.8) is 0 Å². The zero-order chi connectivity index (χ0) is 15.2. The molecule has 0 spiro atoms. The Morgan fingerprint density at radius 3 is 2.86 bits per heavy atom. The Hall–Kier alpha value is -0.650. The SMILES string of the molecule is CCCC1CN(c2ccc(Br)c(C)n2)CCN1CCOC. The average molecular weight is 356 g/mol. The number of aryl methyl sites for hydroxylation is 1. The number of halogens is 1. The number of aromatic nitrogens is 1. The molecule has 0 aliphatic carbocycles. The lowest BCUT2D eigenvalue weighted by Crippen LogP contribution is -2.54. The normalized spacial score (nSPS) is 20.0. The van der Waals surface area contributed by atoms with Crippen molar-refractivity contribution in [3.05, 3.63) is 22.3 Å². The summed E-state index contributed by atoms with van der Waals surface area (Å²) >= 11 is 3.52. The van der Waals surface area contributed by atoms with Crippen LogP contribution in [0.15, 0.2) is 16.6 Å². The quantitative estimate of drug-likeness (QED) is 0.783. The maximum absolute atomic E-state index is 5.24. The van der Waals surface area contributed by atoms with Crippen molar-refractivity contribution in [2.75, 3.05) is 44.8 Å². The monoisotopic (exact) mass is 355 g/mol. The van der Waals surface area contributed by atoms with Gasteiger partial charge >= 0.3 is 0 Å².